The molecule has 78 valence electrons. The summed E-state index contributed by atoms with van der Waals surface area (Å²) in [6.45, 7) is 1.67. The van der Waals surface area contributed by atoms with Gasteiger partial charge in [0.1, 0.15) is 0 Å². The highest BCUT2D eigenvalue weighted by Crippen LogP contribution is 2.20. The highest BCUT2D eigenvalue weighted by atomic mass is 35.5. The van der Waals surface area contributed by atoms with Crippen LogP contribution in [0.5, 0.6) is 0 Å². The first-order valence-corrected chi connectivity index (χ1v) is 6.21. The van der Waals surface area contributed by atoms with Gasteiger partial charge in [-0.25, -0.2) is 0 Å². The zero-order valence-corrected chi connectivity index (χ0v) is 9.47. The fraction of sp³-hybridized carbons (Fsp3) is 0.333. The molecule has 1 unspecified atom stereocenters. The van der Waals surface area contributed by atoms with Gasteiger partial charge in [0.2, 0.25) is 0 Å². The molecule has 0 saturated heterocycles. The Balaban J connectivity index is 2.80. The lowest BCUT2D eigenvalue weighted by molar-refractivity contribution is 0.237. The van der Waals surface area contributed by atoms with E-state index in [4.69, 9.17) is 15.8 Å². The number of hydrogen-bond donors (Lipinski definition) is 0. The lowest BCUT2D eigenvalue weighted by Gasteiger charge is -2.10. The van der Waals surface area contributed by atoms with Crippen LogP contribution in [-0.4, -0.2) is 14.7 Å². The Morgan fingerprint density at radius 2 is 1.79 bits per heavy atom. The summed E-state index contributed by atoms with van der Waals surface area (Å²) in [5, 5.41) is 0.611. The fourth-order valence-electron chi connectivity index (χ4n) is 1.05. The molecule has 0 amide bonds. The van der Waals surface area contributed by atoms with Gasteiger partial charge >= 0.3 is 0 Å². The van der Waals surface area contributed by atoms with Crippen molar-refractivity contribution in [2.75, 3.05) is 6.26 Å². The van der Waals surface area contributed by atoms with Crippen LogP contribution in [0.3, 0.4) is 0 Å². The van der Waals surface area contributed by atoms with Crippen molar-refractivity contribution in [2.45, 2.75) is 13.0 Å². The van der Waals surface area contributed by atoms with Crippen LogP contribution in [0, 0.1) is 0 Å². The van der Waals surface area contributed by atoms with Crippen LogP contribution < -0.4 is 0 Å². The second-order valence-electron chi connectivity index (χ2n) is 2.99. The molecule has 0 spiro atoms. The summed E-state index contributed by atoms with van der Waals surface area (Å²) in [5.74, 6) is 0. The van der Waals surface area contributed by atoms with E-state index in [-0.39, 0.29) is 0 Å². The van der Waals surface area contributed by atoms with E-state index < -0.39 is 16.2 Å². The van der Waals surface area contributed by atoms with Crippen LogP contribution in [0.4, 0.5) is 0 Å². The Bertz CT molecular complexity index is 397. The normalized spacial score (nSPS) is 13.9. The average molecular weight is 235 g/mol. The van der Waals surface area contributed by atoms with Crippen molar-refractivity contribution >= 4 is 21.7 Å². The molecule has 0 N–H and O–H groups in total. The van der Waals surface area contributed by atoms with Gasteiger partial charge in [-0.3, -0.25) is 4.18 Å². The van der Waals surface area contributed by atoms with E-state index >= 15 is 0 Å². The molecule has 0 saturated carbocycles. The van der Waals surface area contributed by atoms with Crippen LogP contribution >= 0.6 is 11.6 Å². The molecule has 1 aromatic carbocycles. The summed E-state index contributed by atoms with van der Waals surface area (Å²) in [6, 6.07) is 6.86. The molecule has 0 fully saturated rings. The van der Waals surface area contributed by atoms with E-state index in [9.17, 15) is 8.42 Å². The van der Waals surface area contributed by atoms with Gasteiger partial charge in [0.15, 0.2) is 0 Å². The van der Waals surface area contributed by atoms with E-state index in [0.717, 1.165) is 11.8 Å². The number of hydrogen-bond acceptors (Lipinski definition) is 3. The highest BCUT2D eigenvalue weighted by molar-refractivity contribution is 7.86. The van der Waals surface area contributed by atoms with Gasteiger partial charge in [0, 0.05) is 5.02 Å². The molecule has 0 aliphatic carbocycles. The van der Waals surface area contributed by atoms with Crippen molar-refractivity contribution < 1.29 is 12.6 Å². The average Bonchev–Trinajstić information content (AvgIpc) is 2.02. The number of rotatable bonds is 3. The van der Waals surface area contributed by atoms with Gasteiger partial charge < -0.3 is 0 Å². The summed E-state index contributed by atoms with van der Waals surface area (Å²) < 4.78 is 26.5. The predicted molar refractivity (Wildman–Crippen MR) is 55.8 cm³/mol. The Kier molecular flexibility index (Phi) is 3.53. The molecule has 1 rings (SSSR count). The Labute approximate surface area is 88.8 Å². The van der Waals surface area contributed by atoms with Gasteiger partial charge in [-0.2, -0.15) is 8.42 Å². The summed E-state index contributed by atoms with van der Waals surface area (Å²) in [4.78, 5) is 0. The minimum Gasteiger partial charge on any atom is -0.262 e. The quantitative estimate of drug-likeness (QED) is 0.755. The van der Waals surface area contributed by atoms with Crippen molar-refractivity contribution in [3.8, 4) is 0 Å². The maximum Gasteiger partial charge on any atom is 0.264 e. The van der Waals surface area contributed by atoms with Gasteiger partial charge in [-0.1, -0.05) is 23.7 Å². The zero-order valence-electron chi connectivity index (χ0n) is 7.90. The second-order valence-corrected chi connectivity index (χ2v) is 5.03. The SMILES string of the molecule is CC(OS(C)(=O)=O)c1ccc(Cl)cc1. The first-order valence-electron chi connectivity index (χ1n) is 4.02. The lowest BCUT2D eigenvalue weighted by atomic mass is 10.1. The standard InChI is InChI=1S/C9H11ClO3S/c1-7(13-14(2,11)12)8-3-5-9(10)6-4-8/h3-7H,1-2H3. The molecule has 0 radical (unpaired) electrons. The maximum absolute atomic E-state index is 10.8. The fourth-order valence-corrected chi connectivity index (χ4v) is 1.81. The third-order valence-corrected chi connectivity index (χ3v) is 2.55. The summed E-state index contributed by atoms with van der Waals surface area (Å²) in [5.41, 5.74) is 0.778. The summed E-state index contributed by atoms with van der Waals surface area (Å²) in [6.07, 6.45) is 0.543. The topological polar surface area (TPSA) is 43.4 Å². The number of halogens is 1. The highest BCUT2D eigenvalue weighted by Gasteiger charge is 2.11. The minimum absolute atomic E-state index is 0.484. The molecule has 14 heavy (non-hydrogen) atoms. The molecular weight excluding hydrogens is 224 g/mol. The van der Waals surface area contributed by atoms with Crippen molar-refractivity contribution in [3.05, 3.63) is 34.9 Å². The maximum atomic E-state index is 10.8. The molecule has 0 bridgehead atoms. The van der Waals surface area contributed by atoms with Crippen molar-refractivity contribution in [1.29, 1.82) is 0 Å². The minimum atomic E-state index is -3.41. The first-order chi connectivity index (χ1) is 6.38. The zero-order chi connectivity index (χ0) is 10.8. The van der Waals surface area contributed by atoms with Crippen molar-refractivity contribution in [2.24, 2.45) is 0 Å². The predicted octanol–water partition coefficient (Wildman–Crippen LogP) is 2.38. The third kappa shape index (κ3) is 3.65. The second kappa shape index (κ2) is 4.29. The van der Waals surface area contributed by atoms with E-state index in [2.05, 4.69) is 0 Å². The summed E-state index contributed by atoms with van der Waals surface area (Å²) in [7, 11) is -3.41. The molecule has 1 aromatic rings. The van der Waals surface area contributed by atoms with Crippen molar-refractivity contribution in [3.63, 3.8) is 0 Å². The van der Waals surface area contributed by atoms with E-state index in [1.54, 1.807) is 31.2 Å². The van der Waals surface area contributed by atoms with Gasteiger partial charge in [-0.05, 0) is 24.6 Å². The van der Waals surface area contributed by atoms with Crippen LogP contribution in [0.25, 0.3) is 0 Å². The van der Waals surface area contributed by atoms with Crippen LogP contribution in [0.2, 0.25) is 5.02 Å². The van der Waals surface area contributed by atoms with Gasteiger partial charge in [-0.15, -0.1) is 0 Å². The third-order valence-electron chi connectivity index (χ3n) is 1.66. The molecule has 0 aromatic heterocycles. The Morgan fingerprint density at radius 1 is 1.29 bits per heavy atom. The smallest absolute Gasteiger partial charge is 0.262 e. The largest absolute Gasteiger partial charge is 0.264 e. The molecule has 0 heterocycles. The first kappa shape index (κ1) is 11.5. The van der Waals surface area contributed by atoms with E-state index in [1.165, 1.54) is 0 Å². The molecule has 0 aliphatic heterocycles. The van der Waals surface area contributed by atoms with Gasteiger partial charge in [0.05, 0.1) is 12.4 Å². The number of benzene rings is 1. The molecule has 1 atom stereocenters. The monoisotopic (exact) mass is 234 g/mol. The van der Waals surface area contributed by atoms with Crippen LogP contribution in [0.15, 0.2) is 24.3 Å². The molecule has 5 heteroatoms. The Morgan fingerprint density at radius 3 is 2.21 bits per heavy atom. The molecule has 3 nitrogen and oxygen atoms in total. The van der Waals surface area contributed by atoms with Gasteiger partial charge in [0.25, 0.3) is 10.1 Å². The van der Waals surface area contributed by atoms with E-state index in [1.807, 2.05) is 0 Å². The molecule has 0 aliphatic rings. The van der Waals surface area contributed by atoms with Crippen LogP contribution in [0.1, 0.15) is 18.6 Å². The van der Waals surface area contributed by atoms with Crippen molar-refractivity contribution in [1.82, 2.24) is 0 Å². The lowest BCUT2D eigenvalue weighted by Crippen LogP contribution is -2.07. The molecular formula is C9H11ClO3S. The van der Waals surface area contributed by atoms with Crippen LogP contribution in [-0.2, 0) is 14.3 Å². The Hall–Kier alpha value is -0.580. The summed E-state index contributed by atoms with van der Waals surface area (Å²) >= 11 is 5.69. The van der Waals surface area contributed by atoms with E-state index in [0.29, 0.717) is 5.02 Å².